The van der Waals surface area contributed by atoms with Crippen molar-refractivity contribution in [2.45, 2.75) is 46.1 Å². The Morgan fingerprint density at radius 1 is 1.19 bits per heavy atom. The smallest absolute Gasteiger partial charge is 0.268 e. The van der Waals surface area contributed by atoms with Crippen LogP contribution in [0.2, 0.25) is 0 Å². The first-order valence-electron chi connectivity index (χ1n) is 9.29. The van der Waals surface area contributed by atoms with Crippen LogP contribution in [0, 0.1) is 5.92 Å². The minimum atomic E-state index is -0.625. The Hall–Kier alpha value is -2.37. The number of rotatable bonds is 4. The molecule has 2 aliphatic rings. The summed E-state index contributed by atoms with van der Waals surface area (Å²) in [7, 11) is 0. The van der Waals surface area contributed by atoms with Gasteiger partial charge in [0.2, 0.25) is 5.91 Å². The summed E-state index contributed by atoms with van der Waals surface area (Å²) in [6.07, 6.45) is 2.52. The first-order chi connectivity index (χ1) is 12.4. The molecule has 0 aromatic heterocycles. The number of benzene rings is 1. The van der Waals surface area contributed by atoms with Crippen LogP contribution in [0.4, 0.5) is 5.69 Å². The quantitative estimate of drug-likeness (QED) is 0.776. The van der Waals surface area contributed by atoms with Crippen molar-refractivity contribution in [3.8, 4) is 5.75 Å². The number of carbonyl (C=O) groups excluding carboxylic acids is 3. The van der Waals surface area contributed by atoms with Crippen molar-refractivity contribution in [2.24, 2.45) is 5.92 Å². The molecule has 0 radical (unpaired) electrons. The van der Waals surface area contributed by atoms with Crippen molar-refractivity contribution in [1.82, 2.24) is 4.90 Å². The lowest BCUT2D eigenvalue weighted by atomic mass is 10.0. The van der Waals surface area contributed by atoms with Gasteiger partial charge in [0.1, 0.15) is 12.3 Å². The van der Waals surface area contributed by atoms with Crippen LogP contribution in [0.1, 0.15) is 50.4 Å². The highest BCUT2D eigenvalue weighted by molar-refractivity contribution is 6.05. The average molecular weight is 358 g/mol. The van der Waals surface area contributed by atoms with Crippen LogP contribution >= 0.6 is 0 Å². The van der Waals surface area contributed by atoms with Crippen LogP contribution < -0.4 is 9.64 Å². The van der Waals surface area contributed by atoms with E-state index in [-0.39, 0.29) is 30.1 Å². The molecule has 0 bridgehead atoms. The van der Waals surface area contributed by atoms with Gasteiger partial charge in [-0.15, -0.1) is 0 Å². The molecular formula is C20H26N2O4. The van der Waals surface area contributed by atoms with Crippen LogP contribution in [0.25, 0.3) is 0 Å². The number of likely N-dealkylation sites (tertiary alicyclic amines) is 1. The highest BCUT2D eigenvalue weighted by Crippen LogP contribution is 2.36. The summed E-state index contributed by atoms with van der Waals surface area (Å²) in [5.74, 6) is 0.157. The molecule has 1 aromatic carbocycles. The Kier molecular flexibility index (Phi) is 5.30. The van der Waals surface area contributed by atoms with E-state index in [1.165, 1.54) is 11.8 Å². The van der Waals surface area contributed by atoms with Crippen LogP contribution in [0.5, 0.6) is 5.75 Å². The largest absolute Gasteiger partial charge is 0.478 e. The molecule has 2 aliphatic heterocycles. The molecule has 0 N–H and O–H groups in total. The van der Waals surface area contributed by atoms with Gasteiger partial charge in [0.25, 0.3) is 5.91 Å². The third kappa shape index (κ3) is 3.59. The first kappa shape index (κ1) is 18.4. The number of ketones is 1. The number of piperidine rings is 1. The van der Waals surface area contributed by atoms with Crippen LogP contribution in [-0.2, 0) is 9.59 Å². The summed E-state index contributed by atoms with van der Waals surface area (Å²) in [6, 6.07) is 5.06. The van der Waals surface area contributed by atoms with Gasteiger partial charge in [-0.05, 0) is 50.3 Å². The van der Waals surface area contributed by atoms with Gasteiger partial charge in [0.05, 0.1) is 5.69 Å². The Balaban J connectivity index is 1.92. The third-order valence-electron chi connectivity index (χ3n) is 5.03. The van der Waals surface area contributed by atoms with Crippen molar-refractivity contribution in [3.63, 3.8) is 0 Å². The Morgan fingerprint density at radius 2 is 1.88 bits per heavy atom. The lowest BCUT2D eigenvalue weighted by Gasteiger charge is -2.37. The van der Waals surface area contributed by atoms with E-state index in [2.05, 4.69) is 0 Å². The van der Waals surface area contributed by atoms with Gasteiger partial charge < -0.3 is 9.64 Å². The minimum absolute atomic E-state index is 0.0141. The number of Topliss-reactive ketones (excluding diaryl/α,β-unsaturated/α-hetero) is 1. The summed E-state index contributed by atoms with van der Waals surface area (Å²) < 4.78 is 5.87. The average Bonchev–Trinajstić information content (AvgIpc) is 2.63. The molecule has 1 fully saturated rings. The SMILES string of the molecule is CC(=O)c1ccc2c(c1)N(CC(=O)N1CCCCC1)C(=O)C(C(C)C)O2. The van der Waals surface area contributed by atoms with Gasteiger partial charge in [0.15, 0.2) is 11.9 Å². The molecule has 2 amide bonds. The molecule has 6 heteroatoms. The monoisotopic (exact) mass is 358 g/mol. The van der Waals surface area contributed by atoms with Crippen molar-refractivity contribution in [1.29, 1.82) is 0 Å². The van der Waals surface area contributed by atoms with E-state index in [1.54, 1.807) is 18.2 Å². The molecule has 1 saturated heterocycles. The number of ether oxygens (including phenoxy) is 1. The second-order valence-electron chi connectivity index (χ2n) is 7.39. The van der Waals surface area contributed by atoms with E-state index in [0.717, 1.165) is 32.4 Å². The van der Waals surface area contributed by atoms with Gasteiger partial charge in [-0.3, -0.25) is 19.3 Å². The predicted molar refractivity (Wildman–Crippen MR) is 98.5 cm³/mol. The highest BCUT2D eigenvalue weighted by Gasteiger charge is 2.38. The summed E-state index contributed by atoms with van der Waals surface area (Å²) in [4.78, 5) is 40.8. The molecule has 6 nitrogen and oxygen atoms in total. The number of hydrogen-bond acceptors (Lipinski definition) is 4. The molecule has 3 rings (SSSR count). The summed E-state index contributed by atoms with van der Waals surface area (Å²) in [6.45, 7) is 6.79. The molecule has 140 valence electrons. The topological polar surface area (TPSA) is 66.9 Å². The zero-order valence-electron chi connectivity index (χ0n) is 15.7. The van der Waals surface area contributed by atoms with Crippen LogP contribution in [0.15, 0.2) is 18.2 Å². The fourth-order valence-corrected chi connectivity index (χ4v) is 3.47. The fourth-order valence-electron chi connectivity index (χ4n) is 3.47. The molecule has 1 aromatic rings. The van der Waals surface area contributed by atoms with Crippen LogP contribution in [0.3, 0.4) is 0 Å². The summed E-state index contributed by atoms with van der Waals surface area (Å²) >= 11 is 0. The van der Waals surface area contributed by atoms with E-state index >= 15 is 0 Å². The van der Waals surface area contributed by atoms with E-state index < -0.39 is 6.10 Å². The second kappa shape index (κ2) is 7.48. The summed E-state index contributed by atoms with van der Waals surface area (Å²) in [5, 5.41) is 0. The van der Waals surface area contributed by atoms with Gasteiger partial charge in [-0.2, -0.15) is 0 Å². The zero-order chi connectivity index (χ0) is 18.8. The van der Waals surface area contributed by atoms with Crippen molar-refractivity contribution in [2.75, 3.05) is 24.5 Å². The number of anilines is 1. The molecule has 1 unspecified atom stereocenters. The Morgan fingerprint density at radius 3 is 2.50 bits per heavy atom. The first-order valence-corrected chi connectivity index (χ1v) is 9.29. The van der Waals surface area contributed by atoms with Crippen molar-refractivity contribution < 1.29 is 19.1 Å². The predicted octanol–water partition coefficient (Wildman–Crippen LogP) is 2.65. The second-order valence-corrected chi connectivity index (χ2v) is 7.39. The molecule has 0 saturated carbocycles. The van der Waals surface area contributed by atoms with Gasteiger partial charge in [-0.25, -0.2) is 0 Å². The lowest BCUT2D eigenvalue weighted by Crippen LogP contribution is -2.52. The molecule has 26 heavy (non-hydrogen) atoms. The molecule has 2 heterocycles. The lowest BCUT2D eigenvalue weighted by molar-refractivity contribution is -0.134. The van der Waals surface area contributed by atoms with E-state index in [0.29, 0.717) is 17.0 Å². The normalized spacial score (nSPS) is 20.0. The van der Waals surface area contributed by atoms with Crippen molar-refractivity contribution >= 4 is 23.3 Å². The van der Waals surface area contributed by atoms with E-state index in [9.17, 15) is 14.4 Å². The third-order valence-corrected chi connectivity index (χ3v) is 5.03. The Bertz CT molecular complexity index is 723. The number of amides is 2. The van der Waals surface area contributed by atoms with Gasteiger partial charge in [-0.1, -0.05) is 13.8 Å². The number of fused-ring (bicyclic) bond motifs is 1. The van der Waals surface area contributed by atoms with Crippen molar-refractivity contribution in [3.05, 3.63) is 23.8 Å². The minimum Gasteiger partial charge on any atom is -0.478 e. The summed E-state index contributed by atoms with van der Waals surface area (Å²) in [5.41, 5.74) is 1.00. The fraction of sp³-hybridized carbons (Fsp3) is 0.550. The molecule has 0 spiro atoms. The maximum Gasteiger partial charge on any atom is 0.268 e. The van der Waals surface area contributed by atoms with Crippen LogP contribution in [-0.4, -0.2) is 48.2 Å². The van der Waals surface area contributed by atoms with Gasteiger partial charge >= 0.3 is 0 Å². The maximum absolute atomic E-state index is 13.0. The van der Waals surface area contributed by atoms with E-state index in [4.69, 9.17) is 4.74 Å². The maximum atomic E-state index is 13.0. The highest BCUT2D eigenvalue weighted by atomic mass is 16.5. The zero-order valence-corrected chi connectivity index (χ0v) is 15.7. The van der Waals surface area contributed by atoms with Gasteiger partial charge in [0, 0.05) is 18.7 Å². The molecule has 0 aliphatic carbocycles. The number of carbonyl (C=O) groups is 3. The number of nitrogens with zero attached hydrogens (tertiary/aromatic N) is 2. The molecular weight excluding hydrogens is 332 g/mol. The molecule has 1 atom stereocenters. The standard InChI is InChI=1S/C20H26N2O4/c1-13(2)19-20(25)22(12-18(24)21-9-5-4-6-10-21)16-11-15(14(3)23)7-8-17(16)26-19/h7-8,11,13,19H,4-6,9-10,12H2,1-3H3. The van der Waals surface area contributed by atoms with E-state index in [1.807, 2.05) is 18.7 Å². The number of hydrogen-bond donors (Lipinski definition) is 0. The Labute approximate surface area is 154 Å².